The van der Waals surface area contributed by atoms with E-state index in [4.69, 9.17) is 5.11 Å². The van der Waals surface area contributed by atoms with Gasteiger partial charge in [0.05, 0.1) is 11.3 Å². The molecule has 0 radical (unpaired) electrons. The van der Waals surface area contributed by atoms with E-state index in [1.165, 1.54) is 6.07 Å². The number of carboxylic acids is 1. The van der Waals surface area contributed by atoms with Gasteiger partial charge in [-0.25, -0.2) is 9.59 Å². The van der Waals surface area contributed by atoms with E-state index < -0.39 is 12.0 Å². The van der Waals surface area contributed by atoms with Gasteiger partial charge in [0, 0.05) is 15.8 Å². The number of amides is 2. The van der Waals surface area contributed by atoms with Crippen LogP contribution in [-0.2, 0) is 0 Å². The van der Waals surface area contributed by atoms with Crippen molar-refractivity contribution in [3.63, 3.8) is 0 Å². The SMILES string of the molecule is CSC(C)(C)CNC(=O)Nc1cc(Br)ccc1C(=O)O. The summed E-state index contributed by atoms with van der Waals surface area (Å²) < 4.78 is 0.617. The number of carboxylic acid groups (broad SMARTS) is 1. The minimum Gasteiger partial charge on any atom is -0.478 e. The van der Waals surface area contributed by atoms with Gasteiger partial charge in [-0.3, -0.25) is 0 Å². The number of hydrogen-bond donors (Lipinski definition) is 3. The molecule has 0 bridgehead atoms. The molecule has 0 aliphatic heterocycles. The third kappa shape index (κ3) is 5.05. The number of nitrogens with one attached hydrogen (secondary N) is 2. The second-order valence-corrected chi connectivity index (χ2v) is 7.20. The molecule has 7 heteroatoms. The number of anilines is 1. The van der Waals surface area contributed by atoms with E-state index in [0.29, 0.717) is 11.0 Å². The number of carbonyl (C=O) groups is 2. The normalized spacial score (nSPS) is 11.0. The zero-order chi connectivity index (χ0) is 15.3. The van der Waals surface area contributed by atoms with Crippen molar-refractivity contribution in [1.29, 1.82) is 0 Å². The van der Waals surface area contributed by atoms with Crippen LogP contribution in [0.1, 0.15) is 24.2 Å². The van der Waals surface area contributed by atoms with E-state index in [0.717, 1.165) is 0 Å². The summed E-state index contributed by atoms with van der Waals surface area (Å²) in [7, 11) is 0. The van der Waals surface area contributed by atoms with E-state index in [1.54, 1.807) is 23.9 Å². The van der Waals surface area contributed by atoms with Crippen molar-refractivity contribution in [1.82, 2.24) is 5.32 Å². The monoisotopic (exact) mass is 360 g/mol. The molecule has 5 nitrogen and oxygen atoms in total. The first-order valence-corrected chi connectivity index (χ1v) is 7.90. The average molecular weight is 361 g/mol. The van der Waals surface area contributed by atoms with E-state index in [1.807, 2.05) is 20.1 Å². The molecule has 0 aromatic heterocycles. The first-order valence-electron chi connectivity index (χ1n) is 5.88. The van der Waals surface area contributed by atoms with Crippen LogP contribution in [0.3, 0.4) is 0 Å². The molecule has 20 heavy (non-hydrogen) atoms. The van der Waals surface area contributed by atoms with Crippen LogP contribution in [0.15, 0.2) is 22.7 Å². The van der Waals surface area contributed by atoms with Crippen LogP contribution in [0, 0.1) is 0 Å². The standard InChI is InChI=1S/C13H17BrN2O3S/c1-13(2,20-3)7-15-12(19)16-10-6-8(14)4-5-9(10)11(17)18/h4-6H,7H2,1-3H3,(H,17,18)(H2,15,16,19). The van der Waals surface area contributed by atoms with Gasteiger partial charge in [0.1, 0.15) is 0 Å². The molecule has 0 aliphatic carbocycles. The van der Waals surface area contributed by atoms with Gasteiger partial charge in [-0.05, 0) is 38.3 Å². The lowest BCUT2D eigenvalue weighted by Gasteiger charge is -2.22. The van der Waals surface area contributed by atoms with Gasteiger partial charge in [-0.15, -0.1) is 0 Å². The summed E-state index contributed by atoms with van der Waals surface area (Å²) in [6.07, 6.45) is 1.97. The van der Waals surface area contributed by atoms with Crippen LogP contribution in [0.5, 0.6) is 0 Å². The van der Waals surface area contributed by atoms with Gasteiger partial charge in [-0.2, -0.15) is 11.8 Å². The average Bonchev–Trinajstić information content (AvgIpc) is 2.36. The summed E-state index contributed by atoms with van der Waals surface area (Å²) in [4.78, 5) is 22.9. The second-order valence-electron chi connectivity index (χ2n) is 4.77. The van der Waals surface area contributed by atoms with Crippen molar-refractivity contribution in [2.24, 2.45) is 0 Å². The maximum Gasteiger partial charge on any atom is 0.337 e. The van der Waals surface area contributed by atoms with Crippen molar-refractivity contribution in [2.45, 2.75) is 18.6 Å². The lowest BCUT2D eigenvalue weighted by atomic mass is 10.2. The van der Waals surface area contributed by atoms with Gasteiger partial charge in [0.2, 0.25) is 0 Å². The Morgan fingerprint density at radius 1 is 1.40 bits per heavy atom. The van der Waals surface area contributed by atoms with Crippen molar-refractivity contribution in [2.75, 3.05) is 18.1 Å². The number of benzene rings is 1. The number of aromatic carboxylic acids is 1. The molecule has 0 saturated heterocycles. The summed E-state index contributed by atoms with van der Waals surface area (Å²) in [5.74, 6) is -1.09. The molecule has 1 aromatic carbocycles. The van der Waals surface area contributed by atoms with E-state index in [9.17, 15) is 9.59 Å². The number of urea groups is 1. The summed E-state index contributed by atoms with van der Waals surface area (Å²) >= 11 is 4.89. The van der Waals surface area contributed by atoms with Crippen LogP contribution in [0.2, 0.25) is 0 Å². The highest BCUT2D eigenvalue weighted by Gasteiger charge is 2.18. The zero-order valence-electron chi connectivity index (χ0n) is 11.5. The molecule has 0 spiro atoms. The minimum absolute atomic E-state index is 0.0486. The maximum atomic E-state index is 11.8. The molecule has 0 unspecified atom stereocenters. The lowest BCUT2D eigenvalue weighted by Crippen LogP contribution is -2.38. The fourth-order valence-corrected chi connectivity index (χ4v) is 1.92. The van der Waals surface area contributed by atoms with Gasteiger partial charge in [0.25, 0.3) is 0 Å². The Balaban J connectivity index is 2.75. The molecule has 3 N–H and O–H groups in total. The number of thioether (sulfide) groups is 1. The van der Waals surface area contributed by atoms with Crippen LogP contribution in [-0.4, -0.2) is 34.7 Å². The maximum absolute atomic E-state index is 11.8. The van der Waals surface area contributed by atoms with Crippen LogP contribution < -0.4 is 10.6 Å². The van der Waals surface area contributed by atoms with Crippen molar-refractivity contribution < 1.29 is 14.7 Å². The number of hydrogen-bond acceptors (Lipinski definition) is 3. The zero-order valence-corrected chi connectivity index (χ0v) is 13.9. The topological polar surface area (TPSA) is 78.4 Å². The summed E-state index contributed by atoms with van der Waals surface area (Å²) in [5, 5.41) is 14.4. The number of halogens is 1. The fourth-order valence-electron chi connectivity index (χ4n) is 1.34. The minimum atomic E-state index is -1.09. The summed E-state index contributed by atoms with van der Waals surface area (Å²) in [6, 6.07) is 4.19. The molecule has 2 amide bonds. The predicted octanol–water partition coefficient (Wildman–Crippen LogP) is 3.41. The highest BCUT2D eigenvalue weighted by Crippen LogP contribution is 2.22. The van der Waals surface area contributed by atoms with Crippen LogP contribution in [0.25, 0.3) is 0 Å². The third-order valence-electron chi connectivity index (χ3n) is 2.69. The van der Waals surface area contributed by atoms with E-state index >= 15 is 0 Å². The molecule has 0 heterocycles. The summed E-state index contributed by atoms with van der Waals surface area (Å²) in [6.45, 7) is 4.51. The molecule has 1 rings (SSSR count). The van der Waals surface area contributed by atoms with E-state index in [2.05, 4.69) is 26.6 Å². The first-order chi connectivity index (χ1) is 9.25. The summed E-state index contributed by atoms with van der Waals surface area (Å²) in [5.41, 5.74) is 0.304. The fraction of sp³-hybridized carbons (Fsp3) is 0.385. The molecule has 0 fully saturated rings. The van der Waals surface area contributed by atoms with Crippen LogP contribution >= 0.6 is 27.7 Å². The molecule has 0 saturated carbocycles. The van der Waals surface area contributed by atoms with Crippen LogP contribution in [0.4, 0.5) is 10.5 Å². The Labute approximate surface area is 130 Å². The second kappa shape index (κ2) is 6.99. The van der Waals surface area contributed by atoms with Crippen molar-refractivity contribution in [3.05, 3.63) is 28.2 Å². The highest BCUT2D eigenvalue weighted by atomic mass is 79.9. The predicted molar refractivity (Wildman–Crippen MR) is 85.7 cm³/mol. The lowest BCUT2D eigenvalue weighted by molar-refractivity contribution is 0.0698. The first kappa shape index (κ1) is 16.8. The molecular weight excluding hydrogens is 344 g/mol. The largest absolute Gasteiger partial charge is 0.478 e. The van der Waals surface area contributed by atoms with Crippen molar-refractivity contribution >= 4 is 45.4 Å². The van der Waals surface area contributed by atoms with Gasteiger partial charge in [-0.1, -0.05) is 15.9 Å². The number of rotatable bonds is 5. The molecular formula is C13H17BrN2O3S. The Bertz CT molecular complexity index is 520. The molecule has 0 aliphatic rings. The molecule has 1 aromatic rings. The molecule has 0 atom stereocenters. The Morgan fingerprint density at radius 3 is 2.60 bits per heavy atom. The van der Waals surface area contributed by atoms with E-state index in [-0.39, 0.29) is 16.0 Å². The Hall–Kier alpha value is -1.21. The third-order valence-corrected chi connectivity index (χ3v) is 4.43. The highest BCUT2D eigenvalue weighted by molar-refractivity contribution is 9.10. The van der Waals surface area contributed by atoms with Gasteiger partial charge in [0.15, 0.2) is 0 Å². The Morgan fingerprint density at radius 2 is 2.05 bits per heavy atom. The molecule has 110 valence electrons. The Kier molecular flexibility index (Phi) is 5.88. The van der Waals surface area contributed by atoms with Gasteiger partial charge >= 0.3 is 12.0 Å². The number of carbonyl (C=O) groups excluding carboxylic acids is 1. The smallest absolute Gasteiger partial charge is 0.337 e. The van der Waals surface area contributed by atoms with Crippen molar-refractivity contribution in [3.8, 4) is 0 Å². The van der Waals surface area contributed by atoms with Gasteiger partial charge < -0.3 is 15.7 Å². The quantitative estimate of drug-likeness (QED) is 0.751.